The molecule has 6 nitrogen and oxygen atoms in total. The zero-order valence-electron chi connectivity index (χ0n) is 11.5. The third-order valence-corrected chi connectivity index (χ3v) is 2.90. The van der Waals surface area contributed by atoms with Crippen LogP contribution in [0.2, 0.25) is 0 Å². The fourth-order valence-electron chi connectivity index (χ4n) is 1.90. The van der Waals surface area contributed by atoms with Gasteiger partial charge in [0.05, 0.1) is 0 Å². The number of aliphatic hydroxyl groups is 1. The van der Waals surface area contributed by atoms with Crippen molar-refractivity contribution in [2.24, 2.45) is 0 Å². The van der Waals surface area contributed by atoms with Crippen molar-refractivity contribution in [3.8, 4) is 11.8 Å². The first-order valence-electron chi connectivity index (χ1n) is 6.32. The molecule has 0 fully saturated rings. The van der Waals surface area contributed by atoms with Gasteiger partial charge in [-0.3, -0.25) is 4.79 Å². The molecule has 0 aliphatic carbocycles. The summed E-state index contributed by atoms with van der Waals surface area (Å²) < 4.78 is 0. The summed E-state index contributed by atoms with van der Waals surface area (Å²) in [4.78, 5) is 29.5. The van der Waals surface area contributed by atoms with Crippen LogP contribution in [0.25, 0.3) is 0 Å². The lowest BCUT2D eigenvalue weighted by Crippen LogP contribution is -2.27. The molecule has 108 valence electrons. The molecular weight excluding hydrogens is 270 g/mol. The Morgan fingerprint density at radius 1 is 1.38 bits per heavy atom. The highest BCUT2D eigenvalue weighted by Crippen LogP contribution is 2.11. The summed E-state index contributed by atoms with van der Waals surface area (Å²) in [5, 5.41) is 8.76. The maximum Gasteiger partial charge on any atom is 0.323 e. The average molecular weight is 285 g/mol. The predicted octanol–water partition coefficient (Wildman–Crippen LogP) is 0.319. The van der Waals surface area contributed by atoms with Gasteiger partial charge in [0.25, 0.3) is 5.91 Å². The number of rotatable bonds is 3. The molecule has 0 bridgehead atoms. The number of imidazole rings is 1. The van der Waals surface area contributed by atoms with Gasteiger partial charge in [-0.15, -0.1) is 0 Å². The van der Waals surface area contributed by atoms with E-state index in [1.54, 1.807) is 7.05 Å². The maximum absolute atomic E-state index is 12.1. The van der Waals surface area contributed by atoms with Crippen molar-refractivity contribution in [3.63, 3.8) is 0 Å². The lowest BCUT2D eigenvalue weighted by molar-refractivity contribution is 0.0779. The van der Waals surface area contributed by atoms with Gasteiger partial charge in [0.15, 0.2) is 0 Å². The van der Waals surface area contributed by atoms with E-state index in [9.17, 15) is 9.59 Å². The average Bonchev–Trinajstić information content (AvgIpc) is 2.92. The van der Waals surface area contributed by atoms with Crippen LogP contribution in [0.3, 0.4) is 0 Å². The van der Waals surface area contributed by atoms with E-state index in [-0.39, 0.29) is 18.2 Å². The largest absolute Gasteiger partial charge is 0.384 e. The zero-order chi connectivity index (χ0) is 15.2. The van der Waals surface area contributed by atoms with Crippen molar-refractivity contribution < 1.29 is 9.90 Å². The Labute approximate surface area is 121 Å². The minimum atomic E-state index is -0.416. The number of aromatic amines is 2. The van der Waals surface area contributed by atoms with E-state index in [4.69, 9.17) is 5.11 Å². The molecule has 0 unspecified atom stereocenters. The first kappa shape index (κ1) is 14.6. The van der Waals surface area contributed by atoms with Gasteiger partial charge in [-0.1, -0.05) is 30.0 Å². The van der Waals surface area contributed by atoms with Gasteiger partial charge in [0, 0.05) is 25.4 Å². The Balaban J connectivity index is 2.18. The number of hydrogen-bond donors (Lipinski definition) is 3. The molecule has 1 heterocycles. The Hall–Kier alpha value is -2.78. The number of carbonyl (C=O) groups is 1. The molecule has 2 aromatic rings. The number of nitrogens with one attached hydrogen (secondary N) is 2. The third kappa shape index (κ3) is 3.61. The topological polar surface area (TPSA) is 89.2 Å². The minimum absolute atomic E-state index is 0.210. The summed E-state index contributed by atoms with van der Waals surface area (Å²) >= 11 is 0. The van der Waals surface area contributed by atoms with Crippen LogP contribution in [-0.4, -0.2) is 39.5 Å². The van der Waals surface area contributed by atoms with E-state index in [1.807, 2.05) is 24.3 Å². The van der Waals surface area contributed by atoms with Crippen molar-refractivity contribution >= 4 is 5.91 Å². The standard InChI is InChI=1S/C15H15N3O3/c1-18(14(20)13-9-16-15(21)17-13)10-12-6-3-2-5-11(12)7-4-8-19/h2-3,5-6,9,19H,8,10H2,1H3,(H2,16,17,21). The number of nitrogens with zero attached hydrogens (tertiary/aromatic N) is 1. The van der Waals surface area contributed by atoms with E-state index in [2.05, 4.69) is 21.8 Å². The van der Waals surface area contributed by atoms with Gasteiger partial charge in [-0.05, 0) is 11.6 Å². The second kappa shape index (κ2) is 6.59. The molecule has 6 heteroatoms. The third-order valence-electron chi connectivity index (χ3n) is 2.90. The fourth-order valence-corrected chi connectivity index (χ4v) is 1.90. The van der Waals surface area contributed by atoms with Crippen LogP contribution in [0.1, 0.15) is 21.6 Å². The second-order valence-corrected chi connectivity index (χ2v) is 4.43. The quantitative estimate of drug-likeness (QED) is 0.709. The van der Waals surface area contributed by atoms with Crippen molar-refractivity contribution in [1.29, 1.82) is 0 Å². The molecule has 21 heavy (non-hydrogen) atoms. The summed E-state index contributed by atoms with van der Waals surface area (Å²) in [7, 11) is 1.64. The molecule has 0 aliphatic heterocycles. The first-order valence-corrected chi connectivity index (χ1v) is 6.32. The van der Waals surface area contributed by atoms with Crippen LogP contribution in [0.5, 0.6) is 0 Å². The minimum Gasteiger partial charge on any atom is -0.384 e. The number of aliphatic hydroxyl groups excluding tert-OH is 1. The van der Waals surface area contributed by atoms with Crippen molar-refractivity contribution in [3.05, 3.63) is 57.8 Å². The van der Waals surface area contributed by atoms with Crippen molar-refractivity contribution in [1.82, 2.24) is 14.9 Å². The highest BCUT2D eigenvalue weighted by molar-refractivity contribution is 5.91. The highest BCUT2D eigenvalue weighted by atomic mass is 16.2. The number of aromatic nitrogens is 2. The van der Waals surface area contributed by atoms with E-state index in [0.717, 1.165) is 11.1 Å². The number of amides is 1. The van der Waals surface area contributed by atoms with Gasteiger partial charge >= 0.3 is 5.69 Å². The Morgan fingerprint density at radius 2 is 2.14 bits per heavy atom. The van der Waals surface area contributed by atoms with Crippen LogP contribution in [0.15, 0.2) is 35.3 Å². The maximum atomic E-state index is 12.1. The summed E-state index contributed by atoms with van der Waals surface area (Å²) in [5.41, 5.74) is 1.42. The molecule has 0 aliphatic rings. The van der Waals surface area contributed by atoms with Crippen LogP contribution in [0.4, 0.5) is 0 Å². The number of carbonyl (C=O) groups excluding carboxylic acids is 1. The van der Waals surface area contributed by atoms with E-state index in [1.165, 1.54) is 11.1 Å². The van der Waals surface area contributed by atoms with E-state index in [0.29, 0.717) is 6.54 Å². The zero-order valence-corrected chi connectivity index (χ0v) is 11.5. The molecule has 0 spiro atoms. The highest BCUT2D eigenvalue weighted by Gasteiger charge is 2.14. The first-order chi connectivity index (χ1) is 10.1. The number of H-pyrrole nitrogens is 2. The number of hydrogen-bond acceptors (Lipinski definition) is 3. The smallest absolute Gasteiger partial charge is 0.323 e. The molecule has 3 N–H and O–H groups in total. The molecule has 0 radical (unpaired) electrons. The van der Waals surface area contributed by atoms with Crippen LogP contribution >= 0.6 is 0 Å². The summed E-state index contributed by atoms with van der Waals surface area (Å²) in [6.07, 6.45) is 1.35. The summed E-state index contributed by atoms with van der Waals surface area (Å²) in [6.45, 7) is 0.135. The number of benzene rings is 1. The van der Waals surface area contributed by atoms with Crippen LogP contribution < -0.4 is 5.69 Å². The van der Waals surface area contributed by atoms with Crippen LogP contribution in [-0.2, 0) is 6.54 Å². The summed E-state index contributed by atoms with van der Waals surface area (Å²) in [5.74, 6) is 5.15. The van der Waals surface area contributed by atoms with Crippen LogP contribution in [0, 0.1) is 11.8 Å². The Morgan fingerprint density at radius 3 is 2.81 bits per heavy atom. The molecule has 1 aromatic carbocycles. The van der Waals surface area contributed by atoms with Gasteiger partial charge in [0.2, 0.25) is 0 Å². The lowest BCUT2D eigenvalue weighted by Gasteiger charge is -2.17. The Kier molecular flexibility index (Phi) is 4.59. The van der Waals surface area contributed by atoms with Gasteiger partial charge in [0.1, 0.15) is 12.3 Å². The molecule has 0 saturated heterocycles. The van der Waals surface area contributed by atoms with E-state index >= 15 is 0 Å². The molecule has 1 aromatic heterocycles. The van der Waals surface area contributed by atoms with Gasteiger partial charge < -0.3 is 20.0 Å². The monoisotopic (exact) mass is 285 g/mol. The van der Waals surface area contributed by atoms with E-state index < -0.39 is 5.69 Å². The molecular formula is C15H15N3O3. The van der Waals surface area contributed by atoms with Gasteiger partial charge in [-0.2, -0.15) is 0 Å². The molecule has 1 amide bonds. The van der Waals surface area contributed by atoms with Gasteiger partial charge in [-0.25, -0.2) is 4.79 Å². The molecule has 0 saturated carbocycles. The summed E-state index contributed by atoms with van der Waals surface area (Å²) in [6, 6.07) is 7.39. The molecule has 2 rings (SSSR count). The van der Waals surface area contributed by atoms with Crippen molar-refractivity contribution in [2.75, 3.05) is 13.7 Å². The molecule has 0 atom stereocenters. The van der Waals surface area contributed by atoms with Crippen molar-refractivity contribution in [2.45, 2.75) is 6.54 Å². The normalized spacial score (nSPS) is 9.81. The lowest BCUT2D eigenvalue weighted by atomic mass is 10.1. The predicted molar refractivity (Wildman–Crippen MR) is 77.6 cm³/mol. The SMILES string of the molecule is CN(Cc1ccccc1C#CCO)C(=O)c1c[nH]c(=O)[nH]1. The fraction of sp³-hybridized carbons (Fsp3) is 0.200. The Bertz CT molecular complexity index is 749. The second-order valence-electron chi connectivity index (χ2n) is 4.43.